The molecular weight excluding hydrogens is 361 g/mol. The van der Waals surface area contributed by atoms with Gasteiger partial charge in [-0.15, -0.1) is 0 Å². The maximum absolute atomic E-state index is 12.7. The molecule has 0 saturated carbocycles. The summed E-state index contributed by atoms with van der Waals surface area (Å²) in [7, 11) is 2.11. The zero-order valence-electron chi connectivity index (χ0n) is 13.4. The summed E-state index contributed by atoms with van der Waals surface area (Å²) in [6.45, 7) is -0.266. The molecule has 1 aromatic rings. The van der Waals surface area contributed by atoms with Crippen molar-refractivity contribution >= 4 is 21.9 Å². The number of rotatable bonds is 5. The van der Waals surface area contributed by atoms with Crippen molar-refractivity contribution in [3.8, 4) is 0 Å². The number of carbonyl (C=O) groups is 1. The van der Waals surface area contributed by atoms with Crippen LogP contribution in [0.1, 0.15) is 37.2 Å². The number of nitrogens with zero attached hydrogens (tertiary/aromatic N) is 1. The summed E-state index contributed by atoms with van der Waals surface area (Å²) in [5, 5.41) is 0. The van der Waals surface area contributed by atoms with Gasteiger partial charge >= 0.3 is 5.97 Å². The Kier molecular flexibility index (Phi) is 5.37. The van der Waals surface area contributed by atoms with Gasteiger partial charge in [-0.05, 0) is 44.0 Å². The first-order chi connectivity index (χ1) is 11.1. The lowest BCUT2D eigenvalue weighted by Crippen LogP contribution is -2.49. The molecule has 2 bridgehead atoms. The Bertz CT molecular complexity index is 550. The lowest BCUT2D eigenvalue weighted by Gasteiger charge is -2.42. The molecule has 0 aromatic heterocycles. The minimum Gasteiger partial charge on any atom is -0.465 e. The Hall–Kier alpha value is -0.940. The molecular formula is C18H23BrFNO2. The SMILES string of the molecule is CN1C2CCC1C(C(=O)OCCCF)C(c1ccc(Br)cc1)C2. The van der Waals surface area contributed by atoms with E-state index in [9.17, 15) is 9.18 Å². The highest BCUT2D eigenvalue weighted by Gasteiger charge is 2.49. The van der Waals surface area contributed by atoms with E-state index in [0.29, 0.717) is 6.04 Å². The monoisotopic (exact) mass is 383 g/mol. The highest BCUT2D eigenvalue weighted by Crippen LogP contribution is 2.46. The van der Waals surface area contributed by atoms with Crippen LogP contribution >= 0.6 is 15.9 Å². The summed E-state index contributed by atoms with van der Waals surface area (Å²) in [6.07, 6.45) is 3.45. The molecule has 2 fully saturated rings. The Balaban J connectivity index is 1.83. The van der Waals surface area contributed by atoms with Crippen LogP contribution in [0, 0.1) is 5.92 Å². The number of carbonyl (C=O) groups excluding carboxylic acids is 1. The largest absolute Gasteiger partial charge is 0.465 e. The van der Waals surface area contributed by atoms with E-state index in [1.165, 1.54) is 5.56 Å². The molecule has 2 aliphatic heterocycles. The molecule has 0 N–H and O–H groups in total. The van der Waals surface area contributed by atoms with Crippen LogP contribution in [0.4, 0.5) is 4.39 Å². The second-order valence-electron chi connectivity index (χ2n) is 6.59. The first-order valence-electron chi connectivity index (χ1n) is 8.32. The van der Waals surface area contributed by atoms with Gasteiger partial charge in [-0.25, -0.2) is 0 Å². The molecule has 2 saturated heterocycles. The summed E-state index contributed by atoms with van der Waals surface area (Å²) in [4.78, 5) is 15.0. The van der Waals surface area contributed by atoms with Crippen LogP contribution in [0.3, 0.4) is 0 Å². The van der Waals surface area contributed by atoms with Crippen molar-refractivity contribution in [3.05, 3.63) is 34.3 Å². The maximum Gasteiger partial charge on any atom is 0.311 e. The second-order valence-corrected chi connectivity index (χ2v) is 7.51. The molecule has 0 radical (unpaired) electrons. The van der Waals surface area contributed by atoms with Crippen molar-refractivity contribution in [3.63, 3.8) is 0 Å². The molecule has 0 spiro atoms. The normalized spacial score (nSPS) is 30.4. The van der Waals surface area contributed by atoms with Gasteiger partial charge in [0.1, 0.15) is 0 Å². The van der Waals surface area contributed by atoms with Crippen LogP contribution in [0.5, 0.6) is 0 Å². The standard InChI is InChI=1S/C18H23BrFNO2/c1-21-14-7-8-16(21)17(18(22)23-10-2-9-20)15(11-14)12-3-5-13(19)6-4-12/h3-6,14-17H,2,7-11H2,1H3. The van der Waals surface area contributed by atoms with Crippen LogP contribution in [-0.2, 0) is 9.53 Å². The molecule has 3 nitrogen and oxygen atoms in total. The van der Waals surface area contributed by atoms with Crippen molar-refractivity contribution in [1.29, 1.82) is 0 Å². The number of halogens is 2. The predicted octanol–water partition coefficient (Wildman–Crippen LogP) is 3.92. The first kappa shape index (κ1) is 16.9. The summed E-state index contributed by atoms with van der Waals surface area (Å²) >= 11 is 3.47. The van der Waals surface area contributed by atoms with Gasteiger partial charge in [0.05, 0.1) is 19.2 Å². The lowest BCUT2D eigenvalue weighted by atomic mass is 9.76. The van der Waals surface area contributed by atoms with Crippen LogP contribution in [0.2, 0.25) is 0 Å². The van der Waals surface area contributed by atoms with Gasteiger partial charge in [0.25, 0.3) is 0 Å². The third-order valence-electron chi connectivity index (χ3n) is 5.36. The second kappa shape index (κ2) is 7.31. The van der Waals surface area contributed by atoms with Crippen LogP contribution in [0.15, 0.2) is 28.7 Å². The van der Waals surface area contributed by atoms with Crippen molar-refractivity contribution < 1.29 is 13.9 Å². The fourth-order valence-electron chi connectivity index (χ4n) is 4.16. The number of benzene rings is 1. The van der Waals surface area contributed by atoms with E-state index in [2.05, 4.69) is 40.0 Å². The Labute approximate surface area is 145 Å². The average Bonchev–Trinajstić information content (AvgIpc) is 2.78. The summed E-state index contributed by atoms with van der Waals surface area (Å²) in [5.74, 6) is -0.127. The molecule has 4 unspecified atom stereocenters. The van der Waals surface area contributed by atoms with E-state index in [4.69, 9.17) is 4.74 Å². The fraction of sp³-hybridized carbons (Fsp3) is 0.611. The first-order valence-corrected chi connectivity index (χ1v) is 9.11. The van der Waals surface area contributed by atoms with Gasteiger partial charge in [-0.1, -0.05) is 28.1 Å². The van der Waals surface area contributed by atoms with Gasteiger partial charge in [-0.3, -0.25) is 14.1 Å². The highest BCUT2D eigenvalue weighted by atomic mass is 79.9. The molecule has 4 atom stereocenters. The predicted molar refractivity (Wildman–Crippen MR) is 91.1 cm³/mol. The lowest BCUT2D eigenvalue weighted by molar-refractivity contribution is -0.153. The number of fused-ring (bicyclic) bond motifs is 2. The minimum atomic E-state index is -0.445. The molecule has 0 amide bonds. The molecule has 3 rings (SSSR count). The Morgan fingerprint density at radius 2 is 2.09 bits per heavy atom. The van der Waals surface area contributed by atoms with Gasteiger partial charge in [-0.2, -0.15) is 0 Å². The highest BCUT2D eigenvalue weighted by molar-refractivity contribution is 9.10. The number of piperidine rings is 1. The topological polar surface area (TPSA) is 29.5 Å². The zero-order valence-corrected chi connectivity index (χ0v) is 15.0. The third-order valence-corrected chi connectivity index (χ3v) is 5.89. The van der Waals surface area contributed by atoms with Crippen molar-refractivity contribution in [1.82, 2.24) is 4.90 Å². The van der Waals surface area contributed by atoms with E-state index in [-0.39, 0.29) is 36.9 Å². The number of hydrogen-bond donors (Lipinski definition) is 0. The minimum absolute atomic E-state index is 0.153. The van der Waals surface area contributed by atoms with E-state index >= 15 is 0 Å². The van der Waals surface area contributed by atoms with E-state index < -0.39 is 6.67 Å². The van der Waals surface area contributed by atoms with Crippen molar-refractivity contribution in [2.24, 2.45) is 5.92 Å². The van der Waals surface area contributed by atoms with Gasteiger partial charge in [0.2, 0.25) is 0 Å². The Morgan fingerprint density at radius 3 is 2.78 bits per heavy atom. The smallest absolute Gasteiger partial charge is 0.311 e. The van der Waals surface area contributed by atoms with E-state index in [0.717, 1.165) is 23.7 Å². The molecule has 1 aromatic carbocycles. The third kappa shape index (κ3) is 3.45. The molecule has 126 valence electrons. The average molecular weight is 384 g/mol. The van der Waals surface area contributed by atoms with Crippen LogP contribution in [-0.4, -0.2) is 43.3 Å². The fourth-order valence-corrected chi connectivity index (χ4v) is 4.43. The number of alkyl halides is 1. The van der Waals surface area contributed by atoms with Gasteiger partial charge in [0.15, 0.2) is 0 Å². The van der Waals surface area contributed by atoms with Gasteiger partial charge < -0.3 is 4.74 Å². The molecule has 2 heterocycles. The number of ether oxygens (including phenoxy) is 1. The van der Waals surface area contributed by atoms with Crippen molar-refractivity contribution in [2.45, 2.75) is 43.7 Å². The maximum atomic E-state index is 12.7. The van der Waals surface area contributed by atoms with E-state index in [1.54, 1.807) is 0 Å². The summed E-state index contributed by atoms with van der Waals surface area (Å²) < 4.78 is 18.7. The Morgan fingerprint density at radius 1 is 1.35 bits per heavy atom. The summed E-state index contributed by atoms with van der Waals surface area (Å²) in [5.41, 5.74) is 1.20. The van der Waals surface area contributed by atoms with Crippen LogP contribution < -0.4 is 0 Å². The molecule has 2 aliphatic rings. The quantitative estimate of drug-likeness (QED) is 0.569. The zero-order chi connectivity index (χ0) is 16.4. The number of esters is 1. The molecule has 0 aliphatic carbocycles. The van der Waals surface area contributed by atoms with Crippen LogP contribution in [0.25, 0.3) is 0 Å². The molecule has 5 heteroatoms. The number of hydrogen-bond acceptors (Lipinski definition) is 3. The van der Waals surface area contributed by atoms with Gasteiger partial charge in [0, 0.05) is 28.9 Å². The molecule has 23 heavy (non-hydrogen) atoms. The van der Waals surface area contributed by atoms with Crippen molar-refractivity contribution in [2.75, 3.05) is 20.3 Å². The van der Waals surface area contributed by atoms with E-state index in [1.807, 2.05) is 12.1 Å². The summed E-state index contributed by atoms with van der Waals surface area (Å²) in [6, 6.07) is 9.04.